The molecular formula is C14H17F2NOS. The third-order valence-corrected chi connectivity index (χ3v) is 4.59. The molecule has 1 saturated carbocycles. The van der Waals surface area contributed by atoms with Crippen LogP contribution in [0.1, 0.15) is 19.8 Å². The van der Waals surface area contributed by atoms with E-state index in [1.54, 1.807) is 11.9 Å². The van der Waals surface area contributed by atoms with Crippen molar-refractivity contribution in [3.63, 3.8) is 0 Å². The number of hydrogen-bond donors (Lipinski definition) is 0. The minimum Gasteiger partial charge on any atom is -0.342 e. The second-order valence-corrected chi connectivity index (χ2v) is 5.96. The zero-order valence-corrected chi connectivity index (χ0v) is 11.8. The summed E-state index contributed by atoms with van der Waals surface area (Å²) in [6, 6.07) is 3.65. The Morgan fingerprint density at radius 3 is 2.74 bits per heavy atom. The summed E-state index contributed by atoms with van der Waals surface area (Å²) in [6.45, 7) is 2.04. The average molecular weight is 285 g/mol. The molecule has 0 bridgehead atoms. The molecule has 1 aromatic rings. The first-order chi connectivity index (χ1) is 8.99. The van der Waals surface area contributed by atoms with Crippen LogP contribution >= 0.6 is 11.8 Å². The summed E-state index contributed by atoms with van der Waals surface area (Å²) in [5.74, 6) is -0.450. The highest BCUT2D eigenvalue weighted by Crippen LogP contribution is 2.35. The smallest absolute Gasteiger partial charge is 0.232 e. The minimum absolute atomic E-state index is 0.0203. The van der Waals surface area contributed by atoms with E-state index in [1.807, 2.05) is 6.92 Å². The van der Waals surface area contributed by atoms with Crippen molar-refractivity contribution in [3.8, 4) is 0 Å². The topological polar surface area (TPSA) is 20.3 Å². The molecule has 1 aliphatic rings. The van der Waals surface area contributed by atoms with Gasteiger partial charge in [-0.25, -0.2) is 8.78 Å². The molecule has 104 valence electrons. The molecule has 0 spiro atoms. The van der Waals surface area contributed by atoms with Crippen molar-refractivity contribution in [2.45, 2.75) is 30.7 Å². The van der Waals surface area contributed by atoms with Crippen LogP contribution in [0.15, 0.2) is 23.1 Å². The molecule has 2 rings (SSSR count). The van der Waals surface area contributed by atoms with E-state index in [-0.39, 0.29) is 17.7 Å². The Labute approximate surface area is 116 Å². The molecule has 0 radical (unpaired) electrons. The van der Waals surface area contributed by atoms with Crippen molar-refractivity contribution in [1.29, 1.82) is 0 Å². The molecule has 1 fully saturated rings. The third-order valence-electron chi connectivity index (χ3n) is 3.55. The van der Waals surface area contributed by atoms with E-state index in [1.165, 1.54) is 25.0 Å². The number of carbonyl (C=O) groups is 1. The fourth-order valence-corrected chi connectivity index (χ4v) is 2.80. The molecule has 1 aromatic carbocycles. The molecule has 5 heteroatoms. The van der Waals surface area contributed by atoms with E-state index in [0.29, 0.717) is 10.8 Å². The maximum Gasteiger partial charge on any atom is 0.232 e. The van der Waals surface area contributed by atoms with Gasteiger partial charge in [-0.2, -0.15) is 0 Å². The van der Waals surface area contributed by atoms with Crippen LogP contribution in [0.5, 0.6) is 0 Å². The first-order valence-corrected chi connectivity index (χ1v) is 7.31. The Morgan fingerprint density at radius 2 is 2.16 bits per heavy atom. The van der Waals surface area contributed by atoms with Gasteiger partial charge in [-0.15, -0.1) is 11.8 Å². The average Bonchev–Trinajstić information content (AvgIpc) is 3.20. The van der Waals surface area contributed by atoms with Crippen LogP contribution in [0, 0.1) is 17.6 Å². The summed E-state index contributed by atoms with van der Waals surface area (Å²) in [5, 5.41) is 0. The lowest BCUT2D eigenvalue weighted by Gasteiger charge is -2.24. The summed E-state index contributed by atoms with van der Waals surface area (Å²) in [5.41, 5.74) is 0. The summed E-state index contributed by atoms with van der Waals surface area (Å²) in [7, 11) is 1.78. The van der Waals surface area contributed by atoms with Crippen molar-refractivity contribution in [2.24, 2.45) is 5.92 Å². The quantitative estimate of drug-likeness (QED) is 0.774. The van der Waals surface area contributed by atoms with Gasteiger partial charge in [0.25, 0.3) is 0 Å². The van der Waals surface area contributed by atoms with Gasteiger partial charge >= 0.3 is 0 Å². The number of amides is 1. The third kappa shape index (κ3) is 3.69. The van der Waals surface area contributed by atoms with Gasteiger partial charge < -0.3 is 4.90 Å². The Kier molecular flexibility index (Phi) is 4.45. The molecule has 1 amide bonds. The number of benzene rings is 1. The first kappa shape index (κ1) is 14.3. The van der Waals surface area contributed by atoms with Crippen molar-refractivity contribution in [2.75, 3.05) is 12.8 Å². The first-order valence-electron chi connectivity index (χ1n) is 6.32. The van der Waals surface area contributed by atoms with Crippen LogP contribution in [0.4, 0.5) is 8.78 Å². The van der Waals surface area contributed by atoms with Crippen LogP contribution in [-0.4, -0.2) is 29.6 Å². The highest BCUT2D eigenvalue weighted by atomic mass is 32.2. The SMILES string of the molecule is CC(C1CC1)N(C)C(=O)CSc1ccc(F)cc1F. The van der Waals surface area contributed by atoms with Crippen molar-refractivity contribution >= 4 is 17.7 Å². The van der Waals surface area contributed by atoms with Crippen LogP contribution in [0.25, 0.3) is 0 Å². The van der Waals surface area contributed by atoms with Gasteiger partial charge in [-0.1, -0.05) is 0 Å². The highest BCUT2D eigenvalue weighted by molar-refractivity contribution is 8.00. The second-order valence-electron chi connectivity index (χ2n) is 4.95. The van der Waals surface area contributed by atoms with Gasteiger partial charge in [-0.05, 0) is 37.8 Å². The lowest BCUT2D eigenvalue weighted by Crippen LogP contribution is -2.37. The summed E-state index contributed by atoms with van der Waals surface area (Å²) in [6.07, 6.45) is 2.36. The molecular weight excluding hydrogens is 268 g/mol. The van der Waals surface area contributed by atoms with Crippen LogP contribution in [0.2, 0.25) is 0 Å². The fourth-order valence-electron chi connectivity index (χ4n) is 1.96. The number of hydrogen-bond acceptors (Lipinski definition) is 2. The van der Waals surface area contributed by atoms with Crippen LogP contribution in [0.3, 0.4) is 0 Å². The Bertz CT molecular complexity index is 477. The van der Waals surface area contributed by atoms with Gasteiger partial charge in [-0.3, -0.25) is 4.79 Å². The molecule has 0 saturated heterocycles. The standard InChI is InChI=1S/C14H17F2NOS/c1-9(10-3-4-10)17(2)14(18)8-19-13-6-5-11(15)7-12(13)16/h5-7,9-10H,3-4,8H2,1-2H3. The van der Waals surface area contributed by atoms with Crippen LogP contribution < -0.4 is 0 Å². The molecule has 1 unspecified atom stereocenters. The van der Waals surface area contributed by atoms with Gasteiger partial charge in [0.05, 0.1) is 5.75 Å². The molecule has 19 heavy (non-hydrogen) atoms. The zero-order valence-electron chi connectivity index (χ0n) is 11.0. The number of thioether (sulfide) groups is 1. The largest absolute Gasteiger partial charge is 0.342 e. The predicted molar refractivity (Wildman–Crippen MR) is 72.0 cm³/mol. The summed E-state index contributed by atoms with van der Waals surface area (Å²) in [4.78, 5) is 14.0. The van der Waals surface area contributed by atoms with E-state index in [4.69, 9.17) is 0 Å². The van der Waals surface area contributed by atoms with E-state index in [0.717, 1.165) is 17.8 Å². The van der Waals surface area contributed by atoms with Crippen molar-refractivity contribution in [3.05, 3.63) is 29.8 Å². The van der Waals surface area contributed by atoms with Gasteiger partial charge in [0, 0.05) is 24.1 Å². The normalized spacial score (nSPS) is 16.2. The predicted octanol–water partition coefficient (Wildman–Crippen LogP) is 3.31. The van der Waals surface area contributed by atoms with Gasteiger partial charge in [0.1, 0.15) is 11.6 Å². The molecule has 0 aliphatic heterocycles. The summed E-state index contributed by atoms with van der Waals surface area (Å²) < 4.78 is 26.2. The maximum atomic E-state index is 13.4. The number of halogens is 2. The van der Waals surface area contributed by atoms with E-state index >= 15 is 0 Å². The zero-order chi connectivity index (χ0) is 14.0. The Morgan fingerprint density at radius 1 is 1.47 bits per heavy atom. The Balaban J connectivity index is 1.88. The van der Waals surface area contributed by atoms with E-state index in [9.17, 15) is 13.6 Å². The molecule has 2 nitrogen and oxygen atoms in total. The summed E-state index contributed by atoms with van der Waals surface area (Å²) >= 11 is 1.11. The second kappa shape index (κ2) is 5.90. The van der Waals surface area contributed by atoms with Gasteiger partial charge in [0.2, 0.25) is 5.91 Å². The molecule has 0 N–H and O–H groups in total. The molecule has 1 aliphatic carbocycles. The van der Waals surface area contributed by atoms with Crippen molar-refractivity contribution in [1.82, 2.24) is 4.90 Å². The van der Waals surface area contributed by atoms with Crippen molar-refractivity contribution < 1.29 is 13.6 Å². The fraction of sp³-hybridized carbons (Fsp3) is 0.500. The monoisotopic (exact) mass is 285 g/mol. The lowest BCUT2D eigenvalue weighted by molar-refractivity contribution is -0.129. The van der Waals surface area contributed by atoms with E-state index < -0.39 is 11.6 Å². The van der Waals surface area contributed by atoms with E-state index in [2.05, 4.69) is 0 Å². The number of carbonyl (C=O) groups excluding carboxylic acids is 1. The van der Waals surface area contributed by atoms with Gasteiger partial charge in [0.15, 0.2) is 0 Å². The molecule has 0 aromatic heterocycles. The molecule has 1 atom stereocenters. The maximum absolute atomic E-state index is 13.4. The minimum atomic E-state index is -0.615. The lowest BCUT2D eigenvalue weighted by atomic mass is 10.2. The van der Waals surface area contributed by atoms with Crippen LogP contribution in [-0.2, 0) is 4.79 Å². The highest BCUT2D eigenvalue weighted by Gasteiger charge is 2.32. The molecule has 0 heterocycles. The Hall–Kier alpha value is -1.10. The number of rotatable bonds is 5. The number of nitrogens with zero attached hydrogens (tertiary/aromatic N) is 1.